The SMILES string of the molecule is CC(C)Cn1ncnc1CC(=O)c1cc(Cl)sc1Cl. The first-order valence-corrected chi connectivity index (χ1v) is 7.39. The van der Waals surface area contributed by atoms with E-state index in [2.05, 4.69) is 23.9 Å². The molecule has 7 heteroatoms. The Morgan fingerprint density at radius 3 is 2.79 bits per heavy atom. The van der Waals surface area contributed by atoms with E-state index >= 15 is 0 Å². The third kappa shape index (κ3) is 3.55. The van der Waals surface area contributed by atoms with Crippen molar-refractivity contribution in [3.8, 4) is 0 Å². The van der Waals surface area contributed by atoms with E-state index in [0.717, 1.165) is 6.54 Å². The van der Waals surface area contributed by atoms with Crippen LogP contribution in [0.5, 0.6) is 0 Å². The molecule has 0 saturated heterocycles. The summed E-state index contributed by atoms with van der Waals surface area (Å²) >= 11 is 13.0. The minimum Gasteiger partial charge on any atom is -0.294 e. The summed E-state index contributed by atoms with van der Waals surface area (Å²) in [7, 11) is 0. The van der Waals surface area contributed by atoms with Gasteiger partial charge in [0, 0.05) is 12.1 Å². The standard InChI is InChI=1S/C12H13Cl2N3OS/c1-7(2)5-17-11(15-6-16-17)4-9(18)8-3-10(13)19-12(8)14/h3,6-7H,4-5H2,1-2H3. The molecule has 0 bridgehead atoms. The molecule has 19 heavy (non-hydrogen) atoms. The van der Waals surface area contributed by atoms with Crippen LogP contribution in [0.25, 0.3) is 0 Å². The number of thiophene rings is 1. The van der Waals surface area contributed by atoms with E-state index in [1.54, 1.807) is 10.7 Å². The third-order valence-corrected chi connectivity index (χ3v) is 4.00. The summed E-state index contributed by atoms with van der Waals surface area (Å²) in [4.78, 5) is 16.3. The maximum atomic E-state index is 12.2. The molecule has 0 fully saturated rings. The number of carbonyl (C=O) groups excluding carboxylic acids is 1. The molecule has 0 radical (unpaired) electrons. The molecule has 0 aliphatic carbocycles. The maximum Gasteiger partial charge on any atom is 0.172 e. The van der Waals surface area contributed by atoms with Gasteiger partial charge in [0.1, 0.15) is 16.5 Å². The Morgan fingerprint density at radius 2 is 2.21 bits per heavy atom. The molecule has 4 nitrogen and oxygen atoms in total. The Hall–Kier alpha value is -0.910. The van der Waals surface area contributed by atoms with Crippen molar-refractivity contribution in [3.05, 3.63) is 32.5 Å². The highest BCUT2D eigenvalue weighted by Gasteiger charge is 2.17. The van der Waals surface area contributed by atoms with Crippen molar-refractivity contribution in [1.82, 2.24) is 14.8 Å². The van der Waals surface area contributed by atoms with Crippen LogP contribution < -0.4 is 0 Å². The molecule has 0 atom stereocenters. The number of hydrogen-bond donors (Lipinski definition) is 0. The van der Waals surface area contributed by atoms with Gasteiger partial charge in [-0.2, -0.15) is 5.10 Å². The lowest BCUT2D eigenvalue weighted by molar-refractivity contribution is 0.0989. The largest absolute Gasteiger partial charge is 0.294 e. The van der Waals surface area contributed by atoms with Crippen LogP contribution in [0.4, 0.5) is 0 Å². The average Bonchev–Trinajstić information content (AvgIpc) is 2.85. The van der Waals surface area contributed by atoms with Crippen molar-refractivity contribution in [2.24, 2.45) is 5.92 Å². The Kier molecular flexibility index (Phi) is 4.60. The molecule has 0 spiro atoms. The number of nitrogens with zero attached hydrogens (tertiary/aromatic N) is 3. The van der Waals surface area contributed by atoms with Gasteiger partial charge in [0.25, 0.3) is 0 Å². The lowest BCUT2D eigenvalue weighted by atomic mass is 10.1. The second-order valence-corrected chi connectivity index (χ2v) is 6.88. The molecular formula is C12H13Cl2N3OS. The fraction of sp³-hybridized carbons (Fsp3) is 0.417. The normalized spacial score (nSPS) is 11.2. The van der Waals surface area contributed by atoms with Crippen LogP contribution in [0.1, 0.15) is 30.0 Å². The molecule has 0 unspecified atom stereocenters. The average molecular weight is 318 g/mol. The monoisotopic (exact) mass is 317 g/mol. The predicted molar refractivity (Wildman–Crippen MR) is 77.2 cm³/mol. The summed E-state index contributed by atoms with van der Waals surface area (Å²) in [6.45, 7) is 4.91. The number of carbonyl (C=O) groups is 1. The van der Waals surface area contributed by atoms with Gasteiger partial charge in [0.2, 0.25) is 0 Å². The minimum atomic E-state index is -0.0915. The summed E-state index contributed by atoms with van der Waals surface area (Å²) in [5.41, 5.74) is 0.454. The molecule has 0 amide bonds. The fourth-order valence-electron chi connectivity index (χ4n) is 1.69. The highest BCUT2D eigenvalue weighted by Crippen LogP contribution is 2.31. The lowest BCUT2D eigenvalue weighted by Crippen LogP contribution is -2.14. The van der Waals surface area contributed by atoms with Gasteiger partial charge in [0.15, 0.2) is 5.78 Å². The van der Waals surface area contributed by atoms with E-state index in [4.69, 9.17) is 23.2 Å². The zero-order valence-corrected chi connectivity index (χ0v) is 12.9. The quantitative estimate of drug-likeness (QED) is 0.789. The summed E-state index contributed by atoms with van der Waals surface area (Å²) in [5.74, 6) is 0.998. The lowest BCUT2D eigenvalue weighted by Gasteiger charge is -2.07. The van der Waals surface area contributed by atoms with Gasteiger partial charge >= 0.3 is 0 Å². The van der Waals surface area contributed by atoms with Gasteiger partial charge < -0.3 is 0 Å². The fourth-order valence-corrected chi connectivity index (χ4v) is 3.19. The van der Waals surface area contributed by atoms with Gasteiger partial charge in [-0.1, -0.05) is 37.0 Å². The molecule has 0 aromatic carbocycles. The molecule has 2 rings (SSSR count). The van der Waals surface area contributed by atoms with Gasteiger partial charge in [0.05, 0.1) is 10.8 Å². The Labute approximate surface area is 125 Å². The molecule has 0 N–H and O–H groups in total. The molecule has 2 heterocycles. The number of ketones is 1. The second-order valence-electron chi connectivity index (χ2n) is 4.59. The van der Waals surface area contributed by atoms with E-state index in [0.29, 0.717) is 26.0 Å². The predicted octanol–water partition coefficient (Wildman–Crippen LogP) is 3.73. The van der Waals surface area contributed by atoms with Crippen molar-refractivity contribution >= 4 is 40.3 Å². The van der Waals surface area contributed by atoms with Crippen LogP contribution in [0.3, 0.4) is 0 Å². The number of aromatic nitrogens is 3. The highest BCUT2D eigenvalue weighted by molar-refractivity contribution is 7.20. The molecule has 102 valence electrons. The molecule has 2 aromatic rings. The smallest absolute Gasteiger partial charge is 0.172 e. The second kappa shape index (κ2) is 6.03. The highest BCUT2D eigenvalue weighted by atomic mass is 35.5. The van der Waals surface area contributed by atoms with Gasteiger partial charge in [-0.15, -0.1) is 11.3 Å². The molecular weight excluding hydrogens is 305 g/mol. The summed E-state index contributed by atoms with van der Waals surface area (Å²) in [6.07, 6.45) is 1.65. The van der Waals surface area contributed by atoms with E-state index in [1.165, 1.54) is 17.7 Å². The van der Waals surface area contributed by atoms with Crippen LogP contribution in [-0.2, 0) is 13.0 Å². The van der Waals surface area contributed by atoms with Crippen LogP contribution in [-0.4, -0.2) is 20.5 Å². The summed E-state index contributed by atoms with van der Waals surface area (Å²) < 4.78 is 2.69. The third-order valence-electron chi connectivity index (χ3n) is 2.51. The van der Waals surface area contributed by atoms with Crippen molar-refractivity contribution in [2.75, 3.05) is 0 Å². The molecule has 2 aromatic heterocycles. The molecule has 0 aliphatic heterocycles. The number of halogens is 2. The van der Waals surface area contributed by atoms with Gasteiger partial charge in [-0.25, -0.2) is 9.67 Å². The Morgan fingerprint density at radius 1 is 1.47 bits per heavy atom. The van der Waals surface area contributed by atoms with Crippen LogP contribution >= 0.6 is 34.5 Å². The van der Waals surface area contributed by atoms with E-state index < -0.39 is 0 Å². The van der Waals surface area contributed by atoms with Crippen LogP contribution in [0.15, 0.2) is 12.4 Å². The zero-order valence-electron chi connectivity index (χ0n) is 10.6. The van der Waals surface area contributed by atoms with E-state index in [9.17, 15) is 4.79 Å². The van der Waals surface area contributed by atoms with Crippen molar-refractivity contribution in [2.45, 2.75) is 26.8 Å². The zero-order chi connectivity index (χ0) is 14.0. The first kappa shape index (κ1) is 14.5. The molecule has 0 aliphatic rings. The van der Waals surface area contributed by atoms with Gasteiger partial charge in [-0.05, 0) is 12.0 Å². The van der Waals surface area contributed by atoms with Gasteiger partial charge in [-0.3, -0.25) is 4.79 Å². The van der Waals surface area contributed by atoms with E-state index in [1.807, 2.05) is 0 Å². The van der Waals surface area contributed by atoms with Crippen molar-refractivity contribution in [3.63, 3.8) is 0 Å². The number of rotatable bonds is 5. The Balaban J connectivity index is 2.15. The number of hydrogen-bond acceptors (Lipinski definition) is 4. The Bertz CT molecular complexity index is 592. The first-order valence-electron chi connectivity index (χ1n) is 5.82. The first-order chi connectivity index (χ1) is 8.97. The number of Topliss-reactive ketones (excluding diaryl/α,β-unsaturated/α-hetero) is 1. The summed E-state index contributed by atoms with van der Waals surface area (Å²) in [5, 5.41) is 4.13. The van der Waals surface area contributed by atoms with Crippen molar-refractivity contribution in [1.29, 1.82) is 0 Å². The summed E-state index contributed by atoms with van der Waals surface area (Å²) in [6, 6.07) is 1.60. The van der Waals surface area contributed by atoms with Crippen LogP contribution in [0.2, 0.25) is 8.67 Å². The topological polar surface area (TPSA) is 47.8 Å². The van der Waals surface area contributed by atoms with Crippen molar-refractivity contribution < 1.29 is 4.79 Å². The maximum absolute atomic E-state index is 12.2. The minimum absolute atomic E-state index is 0.0915. The molecule has 0 saturated carbocycles. The van der Waals surface area contributed by atoms with Crippen LogP contribution in [0, 0.1) is 5.92 Å². The van der Waals surface area contributed by atoms with E-state index in [-0.39, 0.29) is 12.2 Å².